The van der Waals surface area contributed by atoms with Crippen LogP contribution in [-0.4, -0.2) is 14.9 Å². The number of nitrogens with one attached hydrogen (secondary N) is 2. The average molecular weight is 383 g/mol. The largest absolute Gasteiger partial charge is 0.489 e. The van der Waals surface area contributed by atoms with Crippen LogP contribution in [0.3, 0.4) is 0 Å². The molecule has 2 N–H and O–H groups in total. The average Bonchev–Trinajstić information content (AvgIpc) is 2.65. The normalized spacial score (nSPS) is 10.9. The molecule has 0 fully saturated rings. The molecule has 0 saturated carbocycles. The third-order valence-electron chi connectivity index (χ3n) is 3.78. The molecule has 2 aromatic carbocycles. The summed E-state index contributed by atoms with van der Waals surface area (Å²) in [6.07, 6.45) is 2.73. The van der Waals surface area contributed by atoms with Crippen molar-refractivity contribution in [3.8, 4) is 5.75 Å². The molecule has 0 aliphatic carbocycles. The van der Waals surface area contributed by atoms with E-state index in [0.29, 0.717) is 16.9 Å². The lowest BCUT2D eigenvalue weighted by Gasteiger charge is -2.07. The van der Waals surface area contributed by atoms with Crippen LogP contribution in [-0.2, 0) is 6.61 Å². The van der Waals surface area contributed by atoms with Gasteiger partial charge in [0.15, 0.2) is 0 Å². The predicted octanol–water partition coefficient (Wildman–Crippen LogP) is 2.86. The highest BCUT2D eigenvalue weighted by Crippen LogP contribution is 2.19. The number of ether oxygens (including phenoxy) is 1. The molecule has 3 rings (SSSR count). The quantitative estimate of drug-likeness (QED) is 0.501. The van der Waals surface area contributed by atoms with Crippen LogP contribution >= 0.6 is 0 Å². The zero-order valence-electron chi connectivity index (χ0n) is 14.3. The summed E-state index contributed by atoms with van der Waals surface area (Å²) in [7, 11) is 0. The van der Waals surface area contributed by atoms with E-state index in [9.17, 15) is 24.1 Å². The first-order chi connectivity index (χ1) is 13.4. The molecule has 1 aromatic heterocycles. The fraction of sp³-hybridized carbons (Fsp3) is 0.0526. The first-order valence-electron chi connectivity index (χ1n) is 8.09. The molecule has 0 radical (unpaired) electrons. The number of hydrogen-bond donors (Lipinski definition) is 2. The van der Waals surface area contributed by atoms with Crippen molar-refractivity contribution in [2.45, 2.75) is 6.61 Å². The molecule has 0 aliphatic heterocycles. The summed E-state index contributed by atoms with van der Waals surface area (Å²) in [6, 6.07) is 12.9. The number of benzene rings is 2. The molecule has 0 spiro atoms. The standard InChI is InChI=1S/C19H14FN3O5/c20-15-7-2-1-5-13(15)11-28-14-6-3-4-12(10-14)8-9-16-17(23(26)27)18(24)22-19(25)21-16/h1-10H,11H2,(H2,21,22,24,25). The molecule has 8 nitrogen and oxygen atoms in total. The number of rotatable bonds is 6. The number of nitrogens with zero attached hydrogens (tertiary/aromatic N) is 1. The van der Waals surface area contributed by atoms with Crippen LogP contribution in [0, 0.1) is 15.9 Å². The van der Waals surface area contributed by atoms with Gasteiger partial charge in [-0.15, -0.1) is 0 Å². The topological polar surface area (TPSA) is 118 Å². The smallest absolute Gasteiger partial charge is 0.357 e. The van der Waals surface area contributed by atoms with Gasteiger partial charge in [0, 0.05) is 5.56 Å². The number of nitro groups is 1. The number of halogens is 1. The Balaban J connectivity index is 1.82. The van der Waals surface area contributed by atoms with Crippen LogP contribution in [0.4, 0.5) is 10.1 Å². The van der Waals surface area contributed by atoms with Gasteiger partial charge in [0.25, 0.3) is 0 Å². The van der Waals surface area contributed by atoms with Crippen molar-refractivity contribution in [2.24, 2.45) is 0 Å². The molecule has 0 saturated heterocycles. The fourth-order valence-electron chi connectivity index (χ4n) is 2.46. The number of H-pyrrole nitrogens is 2. The van der Waals surface area contributed by atoms with E-state index >= 15 is 0 Å². The Kier molecular flexibility index (Phi) is 5.45. The van der Waals surface area contributed by atoms with Crippen molar-refractivity contribution in [1.82, 2.24) is 9.97 Å². The van der Waals surface area contributed by atoms with E-state index in [4.69, 9.17) is 4.74 Å². The molecule has 1 heterocycles. The van der Waals surface area contributed by atoms with E-state index in [0.717, 1.165) is 0 Å². The fourth-order valence-corrected chi connectivity index (χ4v) is 2.46. The molecule has 28 heavy (non-hydrogen) atoms. The van der Waals surface area contributed by atoms with Crippen LogP contribution in [0.15, 0.2) is 58.1 Å². The molecular formula is C19H14FN3O5. The molecule has 0 unspecified atom stereocenters. The van der Waals surface area contributed by atoms with Gasteiger partial charge in [0.2, 0.25) is 0 Å². The van der Waals surface area contributed by atoms with E-state index < -0.39 is 21.9 Å². The van der Waals surface area contributed by atoms with Crippen LogP contribution in [0.5, 0.6) is 5.75 Å². The Morgan fingerprint density at radius 2 is 1.86 bits per heavy atom. The summed E-state index contributed by atoms with van der Waals surface area (Å²) in [5.41, 5.74) is -1.92. The van der Waals surface area contributed by atoms with Crippen molar-refractivity contribution in [1.29, 1.82) is 0 Å². The Morgan fingerprint density at radius 3 is 2.61 bits per heavy atom. The highest BCUT2D eigenvalue weighted by atomic mass is 19.1. The van der Waals surface area contributed by atoms with Gasteiger partial charge in [0.1, 0.15) is 23.9 Å². The number of aromatic nitrogens is 2. The van der Waals surface area contributed by atoms with Gasteiger partial charge in [-0.1, -0.05) is 36.4 Å². The molecule has 3 aromatic rings. The van der Waals surface area contributed by atoms with Crippen LogP contribution in [0.2, 0.25) is 0 Å². The van der Waals surface area contributed by atoms with E-state index in [2.05, 4.69) is 4.98 Å². The van der Waals surface area contributed by atoms with E-state index in [1.54, 1.807) is 42.5 Å². The zero-order chi connectivity index (χ0) is 20.1. The predicted molar refractivity (Wildman–Crippen MR) is 100 cm³/mol. The SMILES string of the molecule is O=c1[nH]c(C=Cc2cccc(OCc3ccccc3F)c2)c([N+](=O)[O-])c(=O)[nH]1. The molecule has 0 bridgehead atoms. The molecule has 0 atom stereocenters. The van der Waals surface area contributed by atoms with Crippen LogP contribution < -0.4 is 16.0 Å². The Bertz CT molecular complexity index is 1170. The Labute approximate surface area is 157 Å². The lowest BCUT2D eigenvalue weighted by atomic mass is 10.2. The summed E-state index contributed by atoms with van der Waals surface area (Å²) >= 11 is 0. The summed E-state index contributed by atoms with van der Waals surface area (Å²) in [4.78, 5) is 37.2. The molecule has 142 valence electrons. The monoisotopic (exact) mass is 383 g/mol. The van der Waals surface area contributed by atoms with Crippen LogP contribution in [0.25, 0.3) is 12.2 Å². The van der Waals surface area contributed by atoms with Gasteiger partial charge < -0.3 is 9.72 Å². The third-order valence-corrected chi connectivity index (χ3v) is 3.78. The summed E-state index contributed by atoms with van der Waals surface area (Å²) in [5, 5.41) is 11.0. The zero-order valence-corrected chi connectivity index (χ0v) is 14.3. The third kappa shape index (κ3) is 4.39. The minimum absolute atomic E-state index is 0.0344. The maximum absolute atomic E-state index is 13.6. The first-order valence-corrected chi connectivity index (χ1v) is 8.09. The number of hydrogen-bond acceptors (Lipinski definition) is 5. The number of aromatic amines is 2. The molecular weight excluding hydrogens is 369 g/mol. The van der Waals surface area contributed by atoms with Gasteiger partial charge >= 0.3 is 16.9 Å². The highest BCUT2D eigenvalue weighted by Gasteiger charge is 2.18. The summed E-state index contributed by atoms with van der Waals surface area (Å²) < 4.78 is 19.2. The summed E-state index contributed by atoms with van der Waals surface area (Å²) in [5.74, 6) is 0.0865. The van der Waals surface area contributed by atoms with Crippen molar-refractivity contribution in [2.75, 3.05) is 0 Å². The van der Waals surface area contributed by atoms with E-state index in [-0.39, 0.29) is 18.1 Å². The Morgan fingerprint density at radius 1 is 1.07 bits per heavy atom. The van der Waals surface area contributed by atoms with Crippen molar-refractivity contribution in [3.63, 3.8) is 0 Å². The first kappa shape index (κ1) is 18.8. The van der Waals surface area contributed by atoms with Crippen molar-refractivity contribution >= 4 is 17.8 Å². The molecule has 9 heteroatoms. The molecule has 0 aliphatic rings. The van der Waals surface area contributed by atoms with Gasteiger partial charge in [-0.3, -0.25) is 19.9 Å². The Hall–Kier alpha value is -4.01. The minimum Gasteiger partial charge on any atom is -0.489 e. The van der Waals surface area contributed by atoms with E-state index in [1.165, 1.54) is 18.2 Å². The van der Waals surface area contributed by atoms with Crippen molar-refractivity contribution in [3.05, 3.63) is 102 Å². The second-order valence-corrected chi connectivity index (χ2v) is 5.71. The minimum atomic E-state index is -1.09. The summed E-state index contributed by atoms with van der Waals surface area (Å²) in [6.45, 7) is 0.0344. The lowest BCUT2D eigenvalue weighted by Crippen LogP contribution is -2.25. The lowest BCUT2D eigenvalue weighted by molar-refractivity contribution is -0.386. The van der Waals surface area contributed by atoms with E-state index in [1.807, 2.05) is 4.98 Å². The maximum atomic E-state index is 13.6. The second kappa shape index (κ2) is 8.12. The van der Waals surface area contributed by atoms with Gasteiger partial charge in [0.05, 0.1) is 4.92 Å². The molecule has 0 amide bonds. The highest BCUT2D eigenvalue weighted by molar-refractivity contribution is 5.72. The maximum Gasteiger partial charge on any atom is 0.357 e. The van der Waals surface area contributed by atoms with Gasteiger partial charge in [-0.05, 0) is 29.8 Å². The van der Waals surface area contributed by atoms with Gasteiger partial charge in [-0.25, -0.2) is 9.18 Å². The van der Waals surface area contributed by atoms with Crippen molar-refractivity contribution < 1.29 is 14.1 Å². The van der Waals surface area contributed by atoms with Crippen LogP contribution in [0.1, 0.15) is 16.8 Å². The second-order valence-electron chi connectivity index (χ2n) is 5.71. The van der Waals surface area contributed by atoms with Gasteiger partial charge in [-0.2, -0.15) is 0 Å².